The van der Waals surface area contributed by atoms with Crippen LogP contribution in [0.25, 0.3) is 5.69 Å². The van der Waals surface area contributed by atoms with E-state index in [4.69, 9.17) is 9.47 Å². The van der Waals surface area contributed by atoms with Crippen LogP contribution in [-0.4, -0.2) is 34.9 Å². The highest BCUT2D eigenvalue weighted by Gasteiger charge is 2.23. The second-order valence-corrected chi connectivity index (χ2v) is 6.57. The number of para-hydroxylation sites is 3. The standard InChI is InChI=1S/C21H18FN3O4/c1-13-10-17(26)20(24-25(13)16-7-3-2-6-15(16)22)21(27)23-11-14-12-28-18-8-4-5-9-19(18)29-14/h2-10,14H,11-12H2,1H3,(H,23,27)/t14-/m1/s1. The highest BCUT2D eigenvalue weighted by molar-refractivity contribution is 5.92. The number of fused-ring (bicyclic) bond motifs is 1. The zero-order valence-electron chi connectivity index (χ0n) is 15.6. The van der Waals surface area contributed by atoms with Crippen LogP contribution in [0, 0.1) is 12.7 Å². The van der Waals surface area contributed by atoms with Gasteiger partial charge in [-0.1, -0.05) is 24.3 Å². The molecule has 1 aliphatic heterocycles. The van der Waals surface area contributed by atoms with Crippen molar-refractivity contribution < 1.29 is 18.7 Å². The van der Waals surface area contributed by atoms with E-state index in [2.05, 4.69) is 10.4 Å². The molecule has 8 heteroatoms. The van der Waals surface area contributed by atoms with Crippen molar-refractivity contribution in [1.82, 2.24) is 15.1 Å². The van der Waals surface area contributed by atoms with Gasteiger partial charge in [-0.2, -0.15) is 5.10 Å². The zero-order chi connectivity index (χ0) is 20.4. The van der Waals surface area contributed by atoms with E-state index >= 15 is 0 Å². The predicted molar refractivity (Wildman–Crippen MR) is 103 cm³/mol. The van der Waals surface area contributed by atoms with E-state index in [9.17, 15) is 14.0 Å². The Morgan fingerprint density at radius 2 is 1.93 bits per heavy atom. The maximum absolute atomic E-state index is 14.1. The number of nitrogens with one attached hydrogen (secondary N) is 1. The van der Waals surface area contributed by atoms with Crippen molar-refractivity contribution in [3.05, 3.63) is 82.0 Å². The van der Waals surface area contributed by atoms with Gasteiger partial charge < -0.3 is 14.8 Å². The number of aromatic nitrogens is 2. The molecule has 0 aliphatic carbocycles. The Kier molecular flexibility index (Phi) is 4.99. The van der Waals surface area contributed by atoms with Gasteiger partial charge in [0, 0.05) is 11.8 Å². The summed E-state index contributed by atoms with van der Waals surface area (Å²) in [6.07, 6.45) is -0.409. The van der Waals surface area contributed by atoms with Gasteiger partial charge in [0.2, 0.25) is 5.43 Å². The Hall–Kier alpha value is -3.68. The fourth-order valence-corrected chi connectivity index (χ4v) is 3.03. The first-order chi connectivity index (χ1) is 14.0. The third-order valence-electron chi connectivity index (χ3n) is 4.46. The van der Waals surface area contributed by atoms with Crippen LogP contribution in [0.3, 0.4) is 0 Å². The lowest BCUT2D eigenvalue weighted by molar-refractivity contribution is 0.0784. The molecular formula is C21H18FN3O4. The van der Waals surface area contributed by atoms with Crippen LogP contribution in [0.2, 0.25) is 0 Å². The van der Waals surface area contributed by atoms with E-state index in [1.54, 1.807) is 31.2 Å². The summed E-state index contributed by atoms with van der Waals surface area (Å²) in [5.74, 6) is 0.0588. The smallest absolute Gasteiger partial charge is 0.275 e. The third kappa shape index (κ3) is 3.82. The van der Waals surface area contributed by atoms with Gasteiger partial charge in [-0.25, -0.2) is 9.07 Å². The maximum Gasteiger partial charge on any atom is 0.275 e. The van der Waals surface area contributed by atoms with Gasteiger partial charge in [-0.05, 0) is 31.2 Å². The summed E-state index contributed by atoms with van der Waals surface area (Å²) >= 11 is 0. The Bertz CT molecular complexity index is 1130. The fraction of sp³-hybridized carbons (Fsp3) is 0.190. The van der Waals surface area contributed by atoms with Crippen LogP contribution >= 0.6 is 0 Å². The van der Waals surface area contributed by atoms with Gasteiger partial charge in [0.05, 0.1) is 6.54 Å². The lowest BCUT2D eigenvalue weighted by atomic mass is 10.2. The molecule has 0 saturated heterocycles. The molecule has 7 nitrogen and oxygen atoms in total. The van der Waals surface area contributed by atoms with Gasteiger partial charge >= 0.3 is 0 Å². The second-order valence-electron chi connectivity index (χ2n) is 6.57. The number of aryl methyl sites for hydroxylation is 1. The number of halogens is 1. The molecule has 0 spiro atoms. The van der Waals surface area contributed by atoms with Gasteiger partial charge in [-0.3, -0.25) is 9.59 Å². The Morgan fingerprint density at radius 1 is 1.21 bits per heavy atom. The molecule has 4 rings (SSSR count). The molecule has 0 unspecified atom stereocenters. The molecule has 1 N–H and O–H groups in total. The van der Waals surface area contributed by atoms with Crippen molar-refractivity contribution in [1.29, 1.82) is 0 Å². The average Bonchev–Trinajstić information content (AvgIpc) is 2.73. The van der Waals surface area contributed by atoms with E-state index in [-0.39, 0.29) is 24.5 Å². The number of hydrogen-bond donors (Lipinski definition) is 1. The molecule has 1 aliphatic rings. The van der Waals surface area contributed by atoms with Crippen LogP contribution in [-0.2, 0) is 0 Å². The largest absolute Gasteiger partial charge is 0.486 e. The molecule has 0 radical (unpaired) electrons. The molecule has 2 aromatic carbocycles. The molecule has 148 valence electrons. The van der Waals surface area contributed by atoms with Crippen molar-refractivity contribution in [3.8, 4) is 17.2 Å². The fourth-order valence-electron chi connectivity index (χ4n) is 3.03. The average molecular weight is 395 g/mol. The van der Waals surface area contributed by atoms with Crippen molar-refractivity contribution in [2.45, 2.75) is 13.0 Å². The highest BCUT2D eigenvalue weighted by atomic mass is 19.1. The van der Waals surface area contributed by atoms with E-state index < -0.39 is 23.3 Å². The maximum atomic E-state index is 14.1. The minimum Gasteiger partial charge on any atom is -0.486 e. The van der Waals surface area contributed by atoms with Crippen LogP contribution in [0.4, 0.5) is 4.39 Å². The first kappa shape index (κ1) is 18.7. The Balaban J connectivity index is 1.51. The van der Waals surface area contributed by atoms with Crippen molar-refractivity contribution in [3.63, 3.8) is 0 Å². The molecular weight excluding hydrogens is 377 g/mol. The second kappa shape index (κ2) is 7.75. The number of carbonyl (C=O) groups is 1. The molecule has 0 bridgehead atoms. The van der Waals surface area contributed by atoms with Crippen LogP contribution in [0.1, 0.15) is 16.2 Å². The molecule has 1 amide bonds. The minimum atomic E-state index is -0.664. The first-order valence-corrected chi connectivity index (χ1v) is 9.05. The van der Waals surface area contributed by atoms with Crippen LogP contribution in [0.15, 0.2) is 59.4 Å². The summed E-state index contributed by atoms with van der Waals surface area (Å²) in [6, 6.07) is 14.5. The summed E-state index contributed by atoms with van der Waals surface area (Å²) in [6.45, 7) is 2.01. The number of ether oxygens (including phenoxy) is 2. The molecule has 2 heterocycles. The number of benzene rings is 2. The number of nitrogens with zero attached hydrogens (tertiary/aromatic N) is 2. The molecule has 1 atom stereocenters. The monoisotopic (exact) mass is 395 g/mol. The van der Waals surface area contributed by atoms with Crippen molar-refractivity contribution >= 4 is 5.91 Å². The van der Waals surface area contributed by atoms with Gasteiger partial charge in [0.25, 0.3) is 5.91 Å². The number of rotatable bonds is 4. The minimum absolute atomic E-state index is 0.127. The SMILES string of the molecule is Cc1cc(=O)c(C(=O)NC[C@@H]2COc3ccccc3O2)nn1-c1ccccc1F. The predicted octanol–water partition coefficient (Wildman–Crippen LogP) is 2.25. The molecule has 0 fully saturated rings. The van der Waals surface area contributed by atoms with Gasteiger partial charge in [-0.15, -0.1) is 0 Å². The molecule has 29 heavy (non-hydrogen) atoms. The normalized spacial score (nSPS) is 15.0. The van der Waals surface area contributed by atoms with Crippen molar-refractivity contribution in [2.75, 3.05) is 13.2 Å². The lowest BCUT2D eigenvalue weighted by Gasteiger charge is -2.26. The van der Waals surface area contributed by atoms with Gasteiger partial charge in [0.15, 0.2) is 17.2 Å². The third-order valence-corrected chi connectivity index (χ3v) is 4.46. The van der Waals surface area contributed by atoms with E-state index in [0.29, 0.717) is 17.2 Å². The molecule has 1 aromatic heterocycles. The van der Waals surface area contributed by atoms with E-state index in [1.165, 1.54) is 22.9 Å². The van der Waals surface area contributed by atoms with Crippen molar-refractivity contribution in [2.24, 2.45) is 0 Å². The number of hydrogen-bond acceptors (Lipinski definition) is 5. The van der Waals surface area contributed by atoms with E-state index in [1.807, 2.05) is 12.1 Å². The Labute approximate surface area is 165 Å². The highest BCUT2D eigenvalue weighted by Crippen LogP contribution is 2.30. The summed E-state index contributed by atoms with van der Waals surface area (Å²) in [5.41, 5.74) is -0.299. The van der Waals surface area contributed by atoms with Gasteiger partial charge in [0.1, 0.15) is 24.2 Å². The quantitative estimate of drug-likeness (QED) is 0.733. The summed E-state index contributed by atoms with van der Waals surface area (Å²) in [7, 11) is 0. The van der Waals surface area contributed by atoms with Crippen LogP contribution in [0.5, 0.6) is 11.5 Å². The topological polar surface area (TPSA) is 82.5 Å². The summed E-state index contributed by atoms with van der Waals surface area (Å²) < 4.78 is 26.8. The molecule has 3 aromatic rings. The summed E-state index contributed by atoms with van der Waals surface area (Å²) in [5, 5.41) is 6.72. The summed E-state index contributed by atoms with van der Waals surface area (Å²) in [4.78, 5) is 24.8. The molecule has 0 saturated carbocycles. The zero-order valence-corrected chi connectivity index (χ0v) is 15.6. The van der Waals surface area contributed by atoms with Crippen LogP contribution < -0.4 is 20.2 Å². The number of carbonyl (C=O) groups excluding carboxylic acids is 1. The Morgan fingerprint density at radius 3 is 2.72 bits per heavy atom. The lowest BCUT2D eigenvalue weighted by Crippen LogP contribution is -2.42. The first-order valence-electron chi connectivity index (χ1n) is 9.05. The van der Waals surface area contributed by atoms with E-state index in [0.717, 1.165) is 0 Å². The number of amides is 1.